The Hall–Kier alpha value is -0.590. The minimum absolute atomic E-state index is 0.0260. The van der Waals surface area contributed by atoms with Crippen molar-refractivity contribution in [3.63, 3.8) is 0 Å². The molecular weight excluding hydrogens is 392 g/mol. The molecule has 0 saturated heterocycles. The molecular formula is C13H9Cl4NO3S. The molecule has 2 rings (SSSR count). The van der Waals surface area contributed by atoms with Gasteiger partial charge < -0.3 is 0 Å². The number of carbonyl (C=O) groups excluding carboxylic acids is 1. The van der Waals surface area contributed by atoms with Crippen molar-refractivity contribution in [2.24, 2.45) is 4.40 Å². The van der Waals surface area contributed by atoms with Crippen LogP contribution in [0.15, 0.2) is 50.2 Å². The summed E-state index contributed by atoms with van der Waals surface area (Å²) in [4.78, 5) is 11.9. The van der Waals surface area contributed by atoms with E-state index >= 15 is 0 Å². The topological polar surface area (TPSA) is 63.6 Å². The predicted octanol–water partition coefficient (Wildman–Crippen LogP) is 3.69. The second kappa shape index (κ2) is 6.13. The fourth-order valence-electron chi connectivity index (χ4n) is 1.80. The van der Waals surface area contributed by atoms with Crippen LogP contribution in [0.2, 0.25) is 0 Å². The number of ketones is 1. The van der Waals surface area contributed by atoms with Gasteiger partial charge in [-0.3, -0.25) is 4.79 Å². The average molecular weight is 401 g/mol. The third kappa shape index (κ3) is 3.05. The lowest BCUT2D eigenvalue weighted by atomic mass is 9.96. The van der Waals surface area contributed by atoms with Gasteiger partial charge in [-0.25, -0.2) is 0 Å². The largest absolute Gasteiger partial charge is 0.290 e. The van der Waals surface area contributed by atoms with Gasteiger partial charge in [0.1, 0.15) is 5.38 Å². The summed E-state index contributed by atoms with van der Waals surface area (Å²) in [6, 6.07) is 7.54. The lowest BCUT2D eigenvalue weighted by Gasteiger charge is -2.30. The van der Waals surface area contributed by atoms with Crippen molar-refractivity contribution < 1.29 is 13.2 Å². The predicted molar refractivity (Wildman–Crippen MR) is 88.7 cm³/mol. The number of nitrogens with zero attached hydrogens (tertiary/aromatic N) is 1. The molecule has 4 nitrogen and oxygen atoms in total. The van der Waals surface area contributed by atoms with Gasteiger partial charge in [-0.05, 0) is 24.6 Å². The molecule has 0 radical (unpaired) electrons. The van der Waals surface area contributed by atoms with Crippen molar-refractivity contribution in [2.75, 3.05) is 0 Å². The molecule has 118 valence electrons. The Labute approximate surface area is 147 Å². The summed E-state index contributed by atoms with van der Waals surface area (Å²) in [5.41, 5.74) is -0.0248. The minimum Gasteiger partial charge on any atom is -0.290 e. The van der Waals surface area contributed by atoms with Gasteiger partial charge in [0.15, 0.2) is 0 Å². The Balaban J connectivity index is 2.63. The zero-order valence-electron chi connectivity index (χ0n) is 11.1. The van der Waals surface area contributed by atoms with Crippen LogP contribution >= 0.6 is 46.4 Å². The van der Waals surface area contributed by atoms with Crippen LogP contribution in [0.1, 0.15) is 6.92 Å². The first kappa shape index (κ1) is 17.8. The summed E-state index contributed by atoms with van der Waals surface area (Å²) < 4.78 is 26.2. The average Bonchev–Trinajstić information content (AvgIpc) is 2.49. The Morgan fingerprint density at radius 2 is 1.73 bits per heavy atom. The molecule has 1 aliphatic rings. The highest BCUT2D eigenvalue weighted by molar-refractivity contribution is 7.90. The van der Waals surface area contributed by atoms with Crippen LogP contribution in [0.5, 0.6) is 0 Å². The molecule has 0 heterocycles. The molecule has 0 aliphatic heterocycles. The SMILES string of the molecule is CC1=C(Cl)C(=O)C(Cl)(Cl)C(Cl)C1=NS(=O)(=O)c1ccccc1. The summed E-state index contributed by atoms with van der Waals surface area (Å²) in [5.74, 6) is -0.786. The van der Waals surface area contributed by atoms with Gasteiger partial charge in [0.2, 0.25) is 10.1 Å². The van der Waals surface area contributed by atoms with Gasteiger partial charge in [0.25, 0.3) is 10.0 Å². The lowest BCUT2D eigenvalue weighted by molar-refractivity contribution is -0.115. The molecule has 0 saturated carbocycles. The molecule has 0 aromatic heterocycles. The molecule has 1 aromatic rings. The van der Waals surface area contributed by atoms with Crippen LogP contribution in [-0.2, 0) is 14.8 Å². The van der Waals surface area contributed by atoms with E-state index in [1.165, 1.54) is 19.1 Å². The maximum Gasteiger partial charge on any atom is 0.282 e. The minimum atomic E-state index is -4.03. The molecule has 0 bridgehead atoms. The fourth-order valence-corrected chi connectivity index (χ4v) is 4.01. The molecule has 1 unspecified atom stereocenters. The van der Waals surface area contributed by atoms with Crippen LogP contribution in [0, 0.1) is 0 Å². The highest BCUT2D eigenvalue weighted by atomic mass is 35.5. The smallest absolute Gasteiger partial charge is 0.282 e. The Morgan fingerprint density at radius 3 is 2.27 bits per heavy atom. The van der Waals surface area contributed by atoms with Crippen LogP contribution < -0.4 is 0 Å². The molecule has 1 atom stereocenters. The molecule has 22 heavy (non-hydrogen) atoms. The second-order valence-corrected chi connectivity index (χ2v) is 8.32. The number of alkyl halides is 3. The Kier molecular flexibility index (Phi) is 4.95. The third-order valence-corrected chi connectivity index (χ3v) is 6.33. The molecule has 0 spiro atoms. The molecule has 1 aliphatic carbocycles. The zero-order chi connectivity index (χ0) is 16.7. The van der Waals surface area contributed by atoms with E-state index < -0.39 is 25.5 Å². The zero-order valence-corrected chi connectivity index (χ0v) is 14.9. The van der Waals surface area contributed by atoms with Gasteiger partial charge >= 0.3 is 0 Å². The molecule has 0 amide bonds. The first-order valence-corrected chi connectivity index (χ1v) is 8.93. The number of allylic oxidation sites excluding steroid dienone is 2. The van der Waals surface area contributed by atoms with Crippen molar-refractivity contribution in [3.8, 4) is 0 Å². The van der Waals surface area contributed by atoms with Gasteiger partial charge in [0.05, 0.1) is 15.6 Å². The number of Topliss-reactive ketones (excluding diaryl/α,β-unsaturated/α-hetero) is 1. The Morgan fingerprint density at radius 1 is 1.18 bits per heavy atom. The van der Waals surface area contributed by atoms with Crippen molar-refractivity contribution in [3.05, 3.63) is 40.9 Å². The van der Waals surface area contributed by atoms with E-state index in [1.807, 2.05) is 0 Å². The van der Waals surface area contributed by atoms with E-state index in [-0.39, 0.29) is 21.2 Å². The first-order chi connectivity index (χ1) is 10.1. The van der Waals surface area contributed by atoms with Crippen molar-refractivity contribution in [1.29, 1.82) is 0 Å². The van der Waals surface area contributed by atoms with E-state index in [1.54, 1.807) is 18.2 Å². The maximum absolute atomic E-state index is 12.3. The summed E-state index contributed by atoms with van der Waals surface area (Å²) >= 11 is 23.7. The van der Waals surface area contributed by atoms with Gasteiger partial charge in [-0.15, -0.1) is 11.6 Å². The van der Waals surface area contributed by atoms with Crippen molar-refractivity contribution >= 4 is 67.9 Å². The van der Waals surface area contributed by atoms with E-state index in [0.717, 1.165) is 0 Å². The molecule has 0 fully saturated rings. The number of sulfonamides is 1. The number of rotatable bonds is 2. The van der Waals surface area contributed by atoms with Gasteiger partial charge in [-0.1, -0.05) is 53.0 Å². The molecule has 0 N–H and O–H groups in total. The van der Waals surface area contributed by atoms with Crippen molar-refractivity contribution in [2.45, 2.75) is 21.5 Å². The third-order valence-electron chi connectivity index (χ3n) is 3.03. The highest BCUT2D eigenvalue weighted by Gasteiger charge is 2.50. The number of benzene rings is 1. The standard InChI is InChI=1S/C13H9Cl4NO3S/c1-7-9(14)12(19)13(16,17)11(15)10(7)18-22(20,21)8-5-3-2-4-6-8/h2-6,11H,1H3. The van der Waals surface area contributed by atoms with Gasteiger partial charge in [0, 0.05) is 0 Å². The Bertz CT molecular complexity index is 785. The summed E-state index contributed by atoms with van der Waals surface area (Å²) in [7, 11) is -4.03. The maximum atomic E-state index is 12.3. The number of halogens is 4. The van der Waals surface area contributed by atoms with E-state index in [4.69, 9.17) is 46.4 Å². The quantitative estimate of drug-likeness (QED) is 0.711. The van der Waals surface area contributed by atoms with Crippen LogP contribution in [0.25, 0.3) is 0 Å². The molecule has 1 aromatic carbocycles. The molecule has 9 heteroatoms. The van der Waals surface area contributed by atoms with Crippen molar-refractivity contribution in [1.82, 2.24) is 0 Å². The monoisotopic (exact) mass is 399 g/mol. The van der Waals surface area contributed by atoms with E-state index in [2.05, 4.69) is 4.40 Å². The number of carbonyl (C=O) groups is 1. The van der Waals surface area contributed by atoms with Crippen LogP contribution in [0.3, 0.4) is 0 Å². The highest BCUT2D eigenvalue weighted by Crippen LogP contribution is 2.41. The van der Waals surface area contributed by atoms with Gasteiger partial charge in [-0.2, -0.15) is 12.8 Å². The lowest BCUT2D eigenvalue weighted by Crippen LogP contribution is -2.46. The fraction of sp³-hybridized carbons (Fsp3) is 0.231. The summed E-state index contributed by atoms with van der Waals surface area (Å²) in [5, 5.41) is -1.63. The second-order valence-electron chi connectivity index (χ2n) is 4.52. The van der Waals surface area contributed by atoms with E-state index in [0.29, 0.717) is 0 Å². The summed E-state index contributed by atoms with van der Waals surface area (Å²) in [6.45, 7) is 1.43. The first-order valence-electron chi connectivity index (χ1n) is 5.92. The van der Waals surface area contributed by atoms with Crippen LogP contribution in [-0.4, -0.2) is 29.6 Å². The summed E-state index contributed by atoms with van der Waals surface area (Å²) in [6.07, 6.45) is 0. The normalized spacial score (nSPS) is 24.0. The van der Waals surface area contributed by atoms with E-state index in [9.17, 15) is 13.2 Å². The van der Waals surface area contributed by atoms with Crippen LogP contribution in [0.4, 0.5) is 0 Å². The number of hydrogen-bond acceptors (Lipinski definition) is 3. The number of hydrogen-bond donors (Lipinski definition) is 0.